The van der Waals surface area contributed by atoms with Crippen LogP contribution >= 0.6 is 0 Å². The van der Waals surface area contributed by atoms with Gasteiger partial charge < -0.3 is 0 Å². The number of carbonyl (C=O) groups excluding carboxylic acids is 3. The Morgan fingerprint density at radius 2 is 1.69 bits per heavy atom. The van der Waals surface area contributed by atoms with Gasteiger partial charge in [-0.25, -0.2) is 0 Å². The third kappa shape index (κ3) is 1.65. The molecule has 2 amide bonds. The van der Waals surface area contributed by atoms with Gasteiger partial charge in [-0.3, -0.25) is 19.3 Å². The van der Waals surface area contributed by atoms with E-state index in [1.165, 1.54) is 4.68 Å². The van der Waals surface area contributed by atoms with Crippen LogP contribution in [-0.2, 0) is 9.59 Å². The maximum absolute atomic E-state index is 12.9. The van der Waals surface area contributed by atoms with E-state index in [1.807, 2.05) is 6.07 Å². The molecule has 3 fully saturated rings. The van der Waals surface area contributed by atoms with E-state index in [2.05, 4.69) is 22.5 Å². The van der Waals surface area contributed by atoms with Crippen molar-refractivity contribution in [2.45, 2.75) is 6.42 Å². The summed E-state index contributed by atoms with van der Waals surface area (Å²) in [7, 11) is 0. The molecule has 2 bridgehead atoms. The SMILES string of the molecule is O=C1[C@H]2[C@@H]3C=C[C@H]([C@H]4C[C@H]34)[C@@H]2C(=O)N1CC(=O)n1nnc2ccccc21. The Bertz CT molecular complexity index is 989. The summed E-state index contributed by atoms with van der Waals surface area (Å²) in [6.07, 6.45) is 5.38. The number of allylic oxidation sites excluding steroid dienone is 2. The highest BCUT2D eigenvalue weighted by atomic mass is 16.2. The predicted molar refractivity (Wildman–Crippen MR) is 89.6 cm³/mol. The Balaban J connectivity index is 1.31. The third-order valence-corrected chi connectivity index (χ3v) is 6.64. The van der Waals surface area contributed by atoms with Crippen LogP contribution in [0.3, 0.4) is 0 Å². The van der Waals surface area contributed by atoms with Crippen molar-refractivity contribution in [2.75, 3.05) is 6.54 Å². The molecule has 2 aromatic rings. The number of rotatable bonds is 2. The van der Waals surface area contributed by atoms with Gasteiger partial charge >= 0.3 is 0 Å². The van der Waals surface area contributed by atoms with Gasteiger partial charge in [0, 0.05) is 0 Å². The molecule has 6 atom stereocenters. The Morgan fingerprint density at radius 1 is 1.04 bits per heavy atom. The lowest BCUT2D eigenvalue weighted by Crippen LogP contribution is -2.40. The molecule has 0 spiro atoms. The Hall–Kier alpha value is -2.83. The van der Waals surface area contributed by atoms with Crippen molar-refractivity contribution in [3.8, 4) is 0 Å². The monoisotopic (exact) mass is 348 g/mol. The maximum Gasteiger partial charge on any atom is 0.268 e. The Kier molecular flexibility index (Phi) is 2.57. The molecular formula is C19H16N4O3. The molecule has 1 aliphatic heterocycles. The van der Waals surface area contributed by atoms with E-state index in [4.69, 9.17) is 0 Å². The molecule has 0 unspecified atom stereocenters. The zero-order valence-corrected chi connectivity index (χ0v) is 13.9. The highest BCUT2D eigenvalue weighted by molar-refractivity contribution is 6.08. The Labute approximate surface area is 148 Å². The first-order valence-electron chi connectivity index (χ1n) is 9.02. The van der Waals surface area contributed by atoms with Crippen molar-refractivity contribution in [3.05, 3.63) is 36.4 Å². The van der Waals surface area contributed by atoms with Gasteiger partial charge in [0.1, 0.15) is 12.1 Å². The molecule has 1 saturated heterocycles. The van der Waals surface area contributed by atoms with Crippen molar-refractivity contribution in [1.82, 2.24) is 19.9 Å². The number of hydrogen-bond donors (Lipinski definition) is 0. The summed E-state index contributed by atoms with van der Waals surface area (Å²) in [5.41, 5.74) is 1.19. The minimum absolute atomic E-state index is 0.166. The smallest absolute Gasteiger partial charge is 0.268 e. The Morgan fingerprint density at radius 3 is 2.38 bits per heavy atom. The zero-order chi connectivity index (χ0) is 17.6. The molecule has 130 valence electrons. The average Bonchev–Trinajstić information content (AvgIpc) is 3.32. The second-order valence-corrected chi connectivity index (χ2v) is 7.80. The topological polar surface area (TPSA) is 85.2 Å². The van der Waals surface area contributed by atoms with Gasteiger partial charge in [0.05, 0.1) is 17.4 Å². The van der Waals surface area contributed by atoms with Crippen molar-refractivity contribution in [3.63, 3.8) is 0 Å². The quantitative estimate of drug-likeness (QED) is 0.600. The van der Waals surface area contributed by atoms with Gasteiger partial charge in [-0.15, -0.1) is 5.10 Å². The number of carbonyl (C=O) groups is 3. The van der Waals surface area contributed by atoms with Crippen LogP contribution in [0.4, 0.5) is 0 Å². The van der Waals surface area contributed by atoms with E-state index in [-0.39, 0.29) is 42.0 Å². The summed E-state index contributed by atoms with van der Waals surface area (Å²) in [6, 6.07) is 7.13. The molecule has 7 heteroatoms. The second kappa shape index (κ2) is 4.66. The summed E-state index contributed by atoms with van der Waals surface area (Å²) >= 11 is 0. The minimum Gasteiger partial charge on any atom is -0.274 e. The van der Waals surface area contributed by atoms with E-state index >= 15 is 0 Å². The third-order valence-electron chi connectivity index (χ3n) is 6.64. The molecule has 2 saturated carbocycles. The number of fused-ring (bicyclic) bond motifs is 1. The summed E-state index contributed by atoms with van der Waals surface area (Å²) in [5.74, 6) is 0.0888. The fourth-order valence-electron chi connectivity index (χ4n) is 5.43. The first-order valence-corrected chi connectivity index (χ1v) is 9.02. The van der Waals surface area contributed by atoms with E-state index in [1.54, 1.807) is 18.2 Å². The number of amides is 2. The number of nitrogens with zero attached hydrogens (tertiary/aromatic N) is 4. The van der Waals surface area contributed by atoms with Crippen LogP contribution in [0.15, 0.2) is 36.4 Å². The van der Waals surface area contributed by atoms with Gasteiger partial charge in [0.15, 0.2) is 0 Å². The van der Waals surface area contributed by atoms with Crippen LogP contribution in [0.25, 0.3) is 11.0 Å². The van der Waals surface area contributed by atoms with E-state index in [0.717, 1.165) is 11.3 Å². The molecule has 1 aromatic heterocycles. The highest BCUT2D eigenvalue weighted by Gasteiger charge is 2.67. The van der Waals surface area contributed by atoms with Gasteiger partial charge in [-0.05, 0) is 42.2 Å². The molecule has 7 nitrogen and oxygen atoms in total. The van der Waals surface area contributed by atoms with E-state index < -0.39 is 5.91 Å². The number of imide groups is 1. The van der Waals surface area contributed by atoms with Crippen LogP contribution in [0.2, 0.25) is 0 Å². The fraction of sp³-hybridized carbons (Fsp3) is 0.421. The van der Waals surface area contributed by atoms with Crippen LogP contribution in [0, 0.1) is 35.5 Å². The van der Waals surface area contributed by atoms with Crippen LogP contribution in [0.5, 0.6) is 0 Å². The summed E-state index contributed by atoms with van der Waals surface area (Å²) < 4.78 is 1.18. The van der Waals surface area contributed by atoms with Crippen LogP contribution in [0.1, 0.15) is 11.2 Å². The lowest BCUT2D eigenvalue weighted by atomic mass is 9.63. The van der Waals surface area contributed by atoms with Crippen molar-refractivity contribution >= 4 is 28.8 Å². The number of likely N-dealkylation sites (tertiary alicyclic amines) is 1. The normalized spacial score (nSPS) is 36.5. The van der Waals surface area contributed by atoms with E-state index in [0.29, 0.717) is 22.9 Å². The van der Waals surface area contributed by atoms with Gasteiger partial charge in [-0.2, -0.15) is 4.68 Å². The first-order chi connectivity index (χ1) is 12.6. The predicted octanol–water partition coefficient (Wildman–Crippen LogP) is 1.12. The lowest BCUT2D eigenvalue weighted by Gasteiger charge is -2.37. The maximum atomic E-state index is 12.9. The van der Waals surface area contributed by atoms with Crippen molar-refractivity contribution in [1.29, 1.82) is 0 Å². The largest absolute Gasteiger partial charge is 0.274 e. The van der Waals surface area contributed by atoms with Gasteiger partial charge in [0.2, 0.25) is 11.8 Å². The number of aromatic nitrogens is 3. The molecule has 5 aliphatic rings. The second-order valence-electron chi connectivity index (χ2n) is 7.80. The van der Waals surface area contributed by atoms with Crippen LogP contribution < -0.4 is 0 Å². The standard InChI is InChI=1S/C19H16N4O3/c24-15(23-14-4-2-1-3-13(14)20-21-23)8-22-18(25)16-9-5-6-10(12-7-11(9)12)17(16)19(22)26/h1-6,9-12,16-17H,7-8H2/t9-,10-,11-,12-,16+,17+/m1/s1. The lowest BCUT2D eigenvalue weighted by molar-refractivity contribution is -0.139. The zero-order valence-electron chi connectivity index (χ0n) is 13.9. The molecule has 0 radical (unpaired) electrons. The van der Waals surface area contributed by atoms with Crippen LogP contribution in [-0.4, -0.2) is 44.2 Å². The number of para-hydroxylation sites is 1. The molecule has 26 heavy (non-hydrogen) atoms. The molecule has 1 aromatic carbocycles. The van der Waals surface area contributed by atoms with Gasteiger partial charge in [-0.1, -0.05) is 29.5 Å². The molecule has 0 N–H and O–H groups in total. The summed E-state index contributed by atoms with van der Waals surface area (Å²) in [6.45, 7) is -0.271. The van der Waals surface area contributed by atoms with E-state index in [9.17, 15) is 14.4 Å². The highest BCUT2D eigenvalue weighted by Crippen LogP contribution is 2.65. The summed E-state index contributed by atoms with van der Waals surface area (Å²) in [4.78, 5) is 39.8. The molecule has 2 heterocycles. The van der Waals surface area contributed by atoms with Crippen molar-refractivity contribution < 1.29 is 14.4 Å². The number of benzene rings is 1. The van der Waals surface area contributed by atoms with Crippen molar-refractivity contribution in [2.24, 2.45) is 35.5 Å². The molecule has 7 rings (SSSR count). The van der Waals surface area contributed by atoms with Gasteiger partial charge in [0.25, 0.3) is 5.91 Å². The summed E-state index contributed by atoms with van der Waals surface area (Å²) in [5, 5.41) is 7.86. The molecular weight excluding hydrogens is 332 g/mol. The number of hydrogen-bond acceptors (Lipinski definition) is 5. The fourth-order valence-corrected chi connectivity index (χ4v) is 5.43. The minimum atomic E-state index is -0.412. The average molecular weight is 348 g/mol. The molecule has 4 aliphatic carbocycles. The first kappa shape index (κ1) is 14.4.